The Labute approximate surface area is 247 Å². The molecule has 9 nitrogen and oxygen atoms in total. The Balaban J connectivity index is 1.43. The largest absolute Gasteiger partial charge is 0.339 e. The number of hydrogen-bond donors (Lipinski definition) is 0. The standard InChI is InChI=1S/C33H42N6O3/c1-7-38-27-13-12-24(19-28(27)39(8-2)32(38)42)26-21-37(34-31(26)25-11-9-10-23(3)18-25)22-30(41)36-16-14-35(15-17-36)29(40)20-33(4,5)6/h9-13,18-19,21H,7-8,14-17,20,22H2,1-6H3. The Kier molecular flexibility index (Phi) is 8.12. The number of aromatic nitrogens is 4. The molecular formula is C33H42N6O3. The molecule has 9 heteroatoms. The molecule has 0 saturated carbocycles. The Hall–Kier alpha value is -4.14. The van der Waals surface area contributed by atoms with E-state index in [9.17, 15) is 14.4 Å². The van der Waals surface area contributed by atoms with E-state index in [2.05, 4.69) is 45.9 Å². The molecule has 0 unspecified atom stereocenters. The van der Waals surface area contributed by atoms with Crippen LogP contribution in [0.2, 0.25) is 0 Å². The molecule has 2 amide bonds. The van der Waals surface area contributed by atoms with Crippen molar-refractivity contribution in [3.63, 3.8) is 0 Å². The Morgan fingerprint density at radius 2 is 1.48 bits per heavy atom. The molecule has 3 heterocycles. The van der Waals surface area contributed by atoms with Crippen molar-refractivity contribution in [2.45, 2.75) is 67.6 Å². The molecule has 1 aliphatic rings. The third-order valence-electron chi connectivity index (χ3n) is 7.98. The minimum absolute atomic E-state index is 0.00690. The number of carbonyl (C=O) groups excluding carboxylic acids is 2. The second-order valence-corrected chi connectivity index (χ2v) is 12.4. The summed E-state index contributed by atoms with van der Waals surface area (Å²) in [5, 5.41) is 4.91. The van der Waals surface area contributed by atoms with E-state index in [1.165, 1.54) is 0 Å². The predicted octanol–water partition coefficient (Wildman–Crippen LogP) is 4.79. The summed E-state index contributed by atoms with van der Waals surface area (Å²) in [5.74, 6) is 0.131. The molecule has 2 aromatic heterocycles. The number of benzene rings is 2. The third kappa shape index (κ3) is 5.91. The summed E-state index contributed by atoms with van der Waals surface area (Å²) in [5.41, 5.74) is 6.48. The fourth-order valence-corrected chi connectivity index (χ4v) is 5.83. The maximum Gasteiger partial charge on any atom is 0.329 e. The van der Waals surface area contributed by atoms with E-state index in [4.69, 9.17) is 5.10 Å². The summed E-state index contributed by atoms with van der Waals surface area (Å²) < 4.78 is 5.32. The van der Waals surface area contributed by atoms with Gasteiger partial charge in [0.05, 0.1) is 11.0 Å². The van der Waals surface area contributed by atoms with Crippen molar-refractivity contribution in [2.24, 2.45) is 5.41 Å². The van der Waals surface area contributed by atoms with Crippen LogP contribution in [0, 0.1) is 12.3 Å². The van der Waals surface area contributed by atoms with Gasteiger partial charge in [0.2, 0.25) is 11.8 Å². The second-order valence-electron chi connectivity index (χ2n) is 12.4. The zero-order valence-electron chi connectivity index (χ0n) is 25.7. The van der Waals surface area contributed by atoms with Crippen molar-refractivity contribution < 1.29 is 9.59 Å². The minimum atomic E-state index is -0.0601. The average molecular weight is 571 g/mol. The van der Waals surface area contributed by atoms with Crippen molar-refractivity contribution in [2.75, 3.05) is 26.2 Å². The van der Waals surface area contributed by atoms with E-state index in [0.717, 1.165) is 39.0 Å². The number of hydrogen-bond acceptors (Lipinski definition) is 4. The first kappa shape index (κ1) is 29.4. The number of carbonyl (C=O) groups is 2. The monoisotopic (exact) mass is 570 g/mol. The Morgan fingerprint density at radius 1 is 0.833 bits per heavy atom. The topological polar surface area (TPSA) is 85.4 Å². The van der Waals surface area contributed by atoms with Gasteiger partial charge in [0.25, 0.3) is 0 Å². The van der Waals surface area contributed by atoms with Crippen LogP contribution in [0.3, 0.4) is 0 Å². The molecule has 0 bridgehead atoms. The van der Waals surface area contributed by atoms with Crippen LogP contribution in [0.4, 0.5) is 0 Å². The molecule has 222 valence electrons. The Morgan fingerprint density at radius 3 is 2.10 bits per heavy atom. The summed E-state index contributed by atoms with van der Waals surface area (Å²) in [7, 11) is 0. The molecule has 0 aliphatic carbocycles. The fraction of sp³-hybridized carbons (Fsp3) is 0.455. The highest BCUT2D eigenvalue weighted by Crippen LogP contribution is 2.33. The van der Waals surface area contributed by atoms with Gasteiger partial charge in [-0.2, -0.15) is 5.10 Å². The fourth-order valence-electron chi connectivity index (χ4n) is 5.83. The van der Waals surface area contributed by atoms with Crippen LogP contribution in [-0.4, -0.2) is 66.7 Å². The number of piperazine rings is 1. The Bertz CT molecular complexity index is 1680. The normalized spacial score (nSPS) is 14.1. The maximum atomic E-state index is 13.4. The van der Waals surface area contributed by atoms with Crippen LogP contribution < -0.4 is 5.69 Å². The first-order valence-corrected chi connectivity index (χ1v) is 14.9. The lowest BCUT2D eigenvalue weighted by molar-refractivity contribution is -0.141. The maximum absolute atomic E-state index is 13.4. The summed E-state index contributed by atoms with van der Waals surface area (Å²) in [6.07, 6.45) is 2.44. The zero-order chi connectivity index (χ0) is 30.2. The number of fused-ring (bicyclic) bond motifs is 1. The first-order valence-electron chi connectivity index (χ1n) is 14.9. The molecule has 1 saturated heterocycles. The summed E-state index contributed by atoms with van der Waals surface area (Å²) in [4.78, 5) is 42.7. The molecule has 0 spiro atoms. The van der Waals surface area contributed by atoms with E-state index >= 15 is 0 Å². The zero-order valence-corrected chi connectivity index (χ0v) is 25.7. The van der Waals surface area contributed by atoms with E-state index in [1.54, 1.807) is 13.8 Å². The molecule has 0 N–H and O–H groups in total. The number of nitrogens with zero attached hydrogens (tertiary/aromatic N) is 6. The van der Waals surface area contributed by atoms with Crippen molar-refractivity contribution in [1.82, 2.24) is 28.7 Å². The lowest BCUT2D eigenvalue weighted by Gasteiger charge is -2.36. The molecule has 4 aromatic rings. The lowest BCUT2D eigenvalue weighted by Crippen LogP contribution is -2.51. The van der Waals surface area contributed by atoms with Crippen LogP contribution in [0.1, 0.15) is 46.6 Å². The quantitative estimate of drug-likeness (QED) is 0.320. The number of rotatable bonds is 7. The van der Waals surface area contributed by atoms with E-state index in [0.29, 0.717) is 45.7 Å². The predicted molar refractivity (Wildman–Crippen MR) is 166 cm³/mol. The van der Waals surface area contributed by atoms with Gasteiger partial charge in [-0.25, -0.2) is 4.79 Å². The van der Waals surface area contributed by atoms with E-state index < -0.39 is 0 Å². The van der Waals surface area contributed by atoms with E-state index in [1.807, 2.05) is 54.1 Å². The highest BCUT2D eigenvalue weighted by molar-refractivity contribution is 5.88. The average Bonchev–Trinajstić information content (AvgIpc) is 3.49. The highest BCUT2D eigenvalue weighted by Gasteiger charge is 2.27. The summed E-state index contributed by atoms with van der Waals surface area (Å²) in [6.45, 7) is 15.7. The van der Waals surface area contributed by atoms with Gasteiger partial charge in [-0.3, -0.25) is 23.4 Å². The number of aryl methyl sites for hydroxylation is 3. The van der Waals surface area contributed by atoms with Gasteiger partial charge >= 0.3 is 5.69 Å². The van der Waals surface area contributed by atoms with E-state index in [-0.39, 0.29) is 29.5 Å². The van der Waals surface area contributed by atoms with Gasteiger partial charge in [0, 0.05) is 63.0 Å². The SMILES string of the molecule is CCn1c(=O)n(CC)c2cc(-c3cn(CC(=O)N4CCN(C(=O)CC(C)(C)C)CC4)nc3-c3cccc(C)c3)ccc21. The van der Waals surface area contributed by atoms with Gasteiger partial charge in [0.15, 0.2) is 0 Å². The third-order valence-corrected chi connectivity index (χ3v) is 7.98. The lowest BCUT2D eigenvalue weighted by atomic mass is 9.91. The highest BCUT2D eigenvalue weighted by atomic mass is 16.2. The number of imidazole rings is 1. The van der Waals surface area contributed by atoms with Crippen molar-refractivity contribution >= 4 is 22.8 Å². The molecular weight excluding hydrogens is 528 g/mol. The first-order chi connectivity index (χ1) is 20.0. The van der Waals surface area contributed by atoms with Crippen LogP contribution in [0.15, 0.2) is 53.5 Å². The molecule has 0 atom stereocenters. The van der Waals surface area contributed by atoms with Crippen LogP contribution in [-0.2, 0) is 29.2 Å². The van der Waals surface area contributed by atoms with Crippen LogP contribution in [0.25, 0.3) is 33.4 Å². The molecule has 1 fully saturated rings. The molecule has 0 radical (unpaired) electrons. The van der Waals surface area contributed by atoms with Gasteiger partial charge in [-0.05, 0) is 49.9 Å². The van der Waals surface area contributed by atoms with Gasteiger partial charge in [-0.15, -0.1) is 0 Å². The van der Waals surface area contributed by atoms with Crippen LogP contribution >= 0.6 is 0 Å². The molecule has 2 aromatic carbocycles. The second kappa shape index (κ2) is 11.6. The summed E-state index contributed by atoms with van der Waals surface area (Å²) in [6, 6.07) is 14.3. The molecule has 42 heavy (non-hydrogen) atoms. The van der Waals surface area contributed by atoms with Crippen molar-refractivity contribution in [1.29, 1.82) is 0 Å². The van der Waals surface area contributed by atoms with Gasteiger partial charge < -0.3 is 9.80 Å². The summed E-state index contributed by atoms with van der Waals surface area (Å²) >= 11 is 0. The van der Waals surface area contributed by atoms with Crippen molar-refractivity contribution in [3.8, 4) is 22.4 Å². The van der Waals surface area contributed by atoms with Crippen LogP contribution in [0.5, 0.6) is 0 Å². The smallest absolute Gasteiger partial charge is 0.329 e. The van der Waals surface area contributed by atoms with Gasteiger partial charge in [0.1, 0.15) is 12.2 Å². The molecule has 5 rings (SSSR count). The van der Waals surface area contributed by atoms with Crippen molar-refractivity contribution in [3.05, 3.63) is 64.7 Å². The molecule has 1 aliphatic heterocycles. The minimum Gasteiger partial charge on any atom is -0.339 e. The van der Waals surface area contributed by atoms with Gasteiger partial charge in [-0.1, -0.05) is 50.6 Å². The number of amides is 2.